The summed E-state index contributed by atoms with van der Waals surface area (Å²) in [5.74, 6) is -0.132. The van der Waals surface area contributed by atoms with Crippen molar-refractivity contribution < 1.29 is 9.59 Å². The second-order valence-corrected chi connectivity index (χ2v) is 8.98. The highest BCUT2D eigenvalue weighted by Gasteiger charge is 2.30. The maximum atomic E-state index is 13.3. The Morgan fingerprint density at radius 3 is 2.39 bits per heavy atom. The smallest absolute Gasteiger partial charge is 0.243 e. The number of carbonyl (C=O) groups is 2. The highest BCUT2D eigenvalue weighted by Crippen LogP contribution is 2.24. The Morgan fingerprint density at radius 2 is 1.74 bits per heavy atom. The quantitative estimate of drug-likeness (QED) is 0.540. The molecule has 0 aliphatic heterocycles. The zero-order valence-electron chi connectivity index (χ0n) is 17.9. The summed E-state index contributed by atoms with van der Waals surface area (Å²) >= 11 is 12.1. The molecular weight excluding hydrogens is 431 g/mol. The van der Waals surface area contributed by atoms with E-state index in [1.165, 1.54) is 0 Å². The van der Waals surface area contributed by atoms with E-state index in [9.17, 15) is 9.59 Å². The van der Waals surface area contributed by atoms with E-state index >= 15 is 0 Å². The van der Waals surface area contributed by atoms with Crippen LogP contribution in [0.25, 0.3) is 0 Å². The monoisotopic (exact) mass is 460 g/mol. The molecule has 1 aliphatic carbocycles. The van der Waals surface area contributed by atoms with Gasteiger partial charge < -0.3 is 10.2 Å². The predicted octanol–water partition coefficient (Wildman–Crippen LogP) is 5.44. The minimum absolute atomic E-state index is 0.0510. The van der Waals surface area contributed by atoms with Crippen molar-refractivity contribution in [3.05, 3.63) is 69.7 Å². The van der Waals surface area contributed by atoms with Crippen LogP contribution < -0.4 is 5.32 Å². The van der Waals surface area contributed by atoms with Crippen LogP contribution in [0.4, 0.5) is 0 Å². The van der Waals surface area contributed by atoms with Gasteiger partial charge in [-0.2, -0.15) is 0 Å². The molecule has 2 amide bonds. The van der Waals surface area contributed by atoms with Crippen molar-refractivity contribution in [1.29, 1.82) is 0 Å². The lowest BCUT2D eigenvalue weighted by Crippen LogP contribution is -2.52. The Hall–Kier alpha value is -2.04. The van der Waals surface area contributed by atoms with E-state index < -0.39 is 6.04 Å². The standard InChI is InChI=1S/C25H30Cl2N2O2/c1-2-23(25(31)28-20-10-6-7-11-20)29(15-14-18-8-4-3-5-9-18)24(30)17-19-12-13-21(26)22(27)16-19/h3-5,8-9,12-13,16,20,23H,2,6-7,10-11,14-15,17H2,1H3,(H,28,31)/t23-/m0/s1. The number of nitrogens with zero attached hydrogens (tertiary/aromatic N) is 1. The van der Waals surface area contributed by atoms with Crippen LogP contribution in [0, 0.1) is 0 Å². The van der Waals surface area contributed by atoms with E-state index in [0.29, 0.717) is 29.4 Å². The lowest BCUT2D eigenvalue weighted by Gasteiger charge is -2.31. The van der Waals surface area contributed by atoms with Crippen molar-refractivity contribution in [1.82, 2.24) is 10.2 Å². The minimum Gasteiger partial charge on any atom is -0.352 e. The van der Waals surface area contributed by atoms with Crippen molar-refractivity contribution in [2.24, 2.45) is 0 Å². The number of amides is 2. The highest BCUT2D eigenvalue weighted by atomic mass is 35.5. The average Bonchev–Trinajstić information content (AvgIpc) is 3.27. The SMILES string of the molecule is CC[C@@H](C(=O)NC1CCCC1)N(CCc1ccccc1)C(=O)Cc1ccc(Cl)c(Cl)c1. The molecule has 1 N–H and O–H groups in total. The van der Waals surface area contributed by atoms with Crippen LogP contribution >= 0.6 is 23.2 Å². The number of benzene rings is 2. The van der Waals surface area contributed by atoms with Gasteiger partial charge in [0, 0.05) is 12.6 Å². The number of nitrogens with one attached hydrogen (secondary N) is 1. The molecule has 0 heterocycles. The topological polar surface area (TPSA) is 49.4 Å². The molecule has 2 aromatic carbocycles. The van der Waals surface area contributed by atoms with Crippen LogP contribution in [-0.4, -0.2) is 35.3 Å². The molecule has 1 atom stereocenters. The van der Waals surface area contributed by atoms with Gasteiger partial charge in [0.05, 0.1) is 16.5 Å². The van der Waals surface area contributed by atoms with Crippen LogP contribution in [0.2, 0.25) is 10.0 Å². The fourth-order valence-electron chi connectivity index (χ4n) is 4.19. The van der Waals surface area contributed by atoms with Gasteiger partial charge in [-0.25, -0.2) is 0 Å². The Bertz CT molecular complexity index is 882. The van der Waals surface area contributed by atoms with E-state index in [2.05, 4.69) is 5.32 Å². The molecule has 0 spiro atoms. The van der Waals surface area contributed by atoms with Gasteiger partial charge in [-0.1, -0.05) is 79.4 Å². The number of halogens is 2. The lowest BCUT2D eigenvalue weighted by atomic mass is 10.1. The summed E-state index contributed by atoms with van der Waals surface area (Å²) in [7, 11) is 0. The lowest BCUT2D eigenvalue weighted by molar-refractivity contribution is -0.140. The molecule has 2 aromatic rings. The summed E-state index contributed by atoms with van der Waals surface area (Å²) in [6, 6.07) is 15.0. The zero-order chi connectivity index (χ0) is 22.2. The summed E-state index contributed by atoms with van der Waals surface area (Å²) in [6.07, 6.45) is 5.78. The Labute approximate surface area is 194 Å². The summed E-state index contributed by atoms with van der Waals surface area (Å²) in [5, 5.41) is 4.06. The zero-order valence-corrected chi connectivity index (χ0v) is 19.5. The van der Waals surface area contributed by atoms with Crippen LogP contribution in [0.1, 0.15) is 50.2 Å². The van der Waals surface area contributed by atoms with E-state index in [0.717, 1.165) is 36.8 Å². The van der Waals surface area contributed by atoms with Gasteiger partial charge >= 0.3 is 0 Å². The highest BCUT2D eigenvalue weighted by molar-refractivity contribution is 6.42. The van der Waals surface area contributed by atoms with Crippen molar-refractivity contribution in [3.63, 3.8) is 0 Å². The molecule has 0 radical (unpaired) electrons. The predicted molar refractivity (Wildman–Crippen MR) is 127 cm³/mol. The van der Waals surface area contributed by atoms with E-state index in [1.54, 1.807) is 23.1 Å². The van der Waals surface area contributed by atoms with Crippen molar-refractivity contribution in [3.8, 4) is 0 Å². The summed E-state index contributed by atoms with van der Waals surface area (Å²) in [4.78, 5) is 28.2. The molecular formula is C25H30Cl2N2O2. The molecule has 0 unspecified atom stereocenters. The van der Waals surface area contributed by atoms with Crippen LogP contribution in [-0.2, 0) is 22.4 Å². The Kier molecular flexibility index (Phi) is 8.79. The maximum absolute atomic E-state index is 13.3. The third-order valence-corrected chi connectivity index (χ3v) is 6.65. The first-order valence-corrected chi connectivity index (χ1v) is 11.8. The molecule has 4 nitrogen and oxygen atoms in total. The third-order valence-electron chi connectivity index (χ3n) is 5.91. The van der Waals surface area contributed by atoms with E-state index in [4.69, 9.17) is 23.2 Å². The first-order chi connectivity index (χ1) is 15.0. The second-order valence-electron chi connectivity index (χ2n) is 8.16. The molecule has 6 heteroatoms. The molecule has 0 aromatic heterocycles. The molecule has 166 valence electrons. The van der Waals surface area contributed by atoms with Crippen LogP contribution in [0.5, 0.6) is 0 Å². The number of hydrogen-bond donors (Lipinski definition) is 1. The number of hydrogen-bond acceptors (Lipinski definition) is 2. The number of rotatable bonds is 9. The van der Waals surface area contributed by atoms with Gasteiger partial charge in [-0.05, 0) is 48.9 Å². The molecule has 1 aliphatic rings. The molecule has 31 heavy (non-hydrogen) atoms. The molecule has 0 saturated heterocycles. The van der Waals surface area contributed by atoms with Gasteiger partial charge in [0.25, 0.3) is 0 Å². The second kappa shape index (κ2) is 11.5. The van der Waals surface area contributed by atoms with Gasteiger partial charge in [0.2, 0.25) is 11.8 Å². The van der Waals surface area contributed by atoms with E-state index in [-0.39, 0.29) is 24.3 Å². The summed E-state index contributed by atoms with van der Waals surface area (Å²) < 4.78 is 0. The molecule has 1 fully saturated rings. The van der Waals surface area contributed by atoms with Crippen molar-refractivity contribution in [2.75, 3.05) is 6.54 Å². The Morgan fingerprint density at radius 1 is 1.03 bits per heavy atom. The Balaban J connectivity index is 1.76. The average molecular weight is 461 g/mol. The van der Waals surface area contributed by atoms with Crippen LogP contribution in [0.3, 0.4) is 0 Å². The third kappa shape index (κ3) is 6.72. The van der Waals surface area contributed by atoms with Gasteiger partial charge in [-0.3, -0.25) is 9.59 Å². The largest absolute Gasteiger partial charge is 0.352 e. The number of carbonyl (C=O) groups excluding carboxylic acids is 2. The molecule has 3 rings (SSSR count). The summed E-state index contributed by atoms with van der Waals surface area (Å²) in [6.45, 7) is 2.45. The maximum Gasteiger partial charge on any atom is 0.243 e. The van der Waals surface area contributed by atoms with Crippen LogP contribution in [0.15, 0.2) is 48.5 Å². The van der Waals surface area contributed by atoms with Gasteiger partial charge in [-0.15, -0.1) is 0 Å². The molecule has 1 saturated carbocycles. The van der Waals surface area contributed by atoms with Gasteiger partial charge in [0.15, 0.2) is 0 Å². The van der Waals surface area contributed by atoms with E-state index in [1.807, 2.05) is 37.3 Å². The normalized spacial score (nSPS) is 14.9. The first-order valence-electron chi connectivity index (χ1n) is 11.1. The van der Waals surface area contributed by atoms with Gasteiger partial charge in [0.1, 0.15) is 6.04 Å². The van der Waals surface area contributed by atoms with Crippen molar-refractivity contribution in [2.45, 2.75) is 64.0 Å². The first kappa shape index (κ1) is 23.6. The fourth-order valence-corrected chi connectivity index (χ4v) is 4.51. The van der Waals surface area contributed by atoms with Crippen molar-refractivity contribution >= 4 is 35.0 Å². The minimum atomic E-state index is -0.486. The summed E-state index contributed by atoms with van der Waals surface area (Å²) in [5.41, 5.74) is 1.93. The fraction of sp³-hybridized carbons (Fsp3) is 0.440. The molecule has 0 bridgehead atoms.